The van der Waals surface area contributed by atoms with Gasteiger partial charge in [0.05, 0.1) is 0 Å². The van der Waals surface area contributed by atoms with Crippen LogP contribution in [0.15, 0.2) is 0 Å². The number of alkyl carbamates (subject to hydrolysis) is 1. The summed E-state index contributed by atoms with van der Waals surface area (Å²) in [7, 11) is 0. The number of hydrogen-bond acceptors (Lipinski definition) is 2. The Morgan fingerprint density at radius 1 is 1.05 bits per heavy atom. The molecule has 1 unspecified atom stereocenters. The number of rotatable bonds is 2. The Balaban J connectivity index is 2.38. The Bertz CT molecular complexity index is 317. The van der Waals surface area contributed by atoms with Crippen LogP contribution in [0, 0.1) is 17.3 Å². The average Bonchev–Trinajstić information content (AvgIpc) is 2.25. The topological polar surface area (TPSA) is 38.3 Å². The minimum Gasteiger partial charge on any atom is -0.444 e. The first-order valence-corrected chi connectivity index (χ1v) is 7.98. The number of nitrogens with one attached hydrogen (secondary N) is 1. The first-order chi connectivity index (χ1) is 8.99. The third kappa shape index (κ3) is 5.72. The number of amides is 1. The lowest BCUT2D eigenvalue weighted by molar-refractivity contribution is 0.0471. The van der Waals surface area contributed by atoms with E-state index in [2.05, 4.69) is 33.0 Å². The number of carbonyl (C=O) groups is 1. The molecule has 3 heteroatoms. The van der Waals surface area contributed by atoms with Gasteiger partial charge in [0.1, 0.15) is 5.60 Å². The van der Waals surface area contributed by atoms with Crippen molar-refractivity contribution in [3.8, 4) is 0 Å². The lowest BCUT2D eigenvalue weighted by atomic mass is 9.69. The Morgan fingerprint density at radius 2 is 1.55 bits per heavy atom. The van der Waals surface area contributed by atoms with Gasteiger partial charge in [0.2, 0.25) is 0 Å². The van der Waals surface area contributed by atoms with Crippen LogP contribution in [0.5, 0.6) is 0 Å². The molecule has 1 saturated carbocycles. The molecule has 0 aromatic carbocycles. The number of ether oxygens (including phenoxy) is 1. The standard InChI is InChI=1S/C17H33NO2/c1-12(16(2,3)4)13-8-10-14(11-9-13)18-15(19)20-17(5,6)7/h12-14H,8-11H2,1-7H3,(H,18,19)/t12?,13-,14-. The van der Waals surface area contributed by atoms with E-state index in [0.29, 0.717) is 5.41 Å². The Morgan fingerprint density at radius 3 is 1.95 bits per heavy atom. The normalized spacial score (nSPS) is 25.9. The van der Waals surface area contributed by atoms with Crippen LogP contribution >= 0.6 is 0 Å². The zero-order chi connectivity index (χ0) is 15.6. The minimum atomic E-state index is -0.415. The van der Waals surface area contributed by atoms with Crippen LogP contribution in [0.3, 0.4) is 0 Å². The smallest absolute Gasteiger partial charge is 0.407 e. The third-order valence-electron chi connectivity index (χ3n) is 4.57. The molecule has 1 amide bonds. The predicted molar refractivity (Wildman–Crippen MR) is 83.7 cm³/mol. The molecule has 1 atom stereocenters. The molecule has 3 nitrogen and oxygen atoms in total. The monoisotopic (exact) mass is 283 g/mol. The quantitative estimate of drug-likeness (QED) is 0.794. The maximum Gasteiger partial charge on any atom is 0.407 e. The van der Waals surface area contributed by atoms with Crippen molar-refractivity contribution >= 4 is 6.09 Å². The molecule has 1 aliphatic rings. The van der Waals surface area contributed by atoms with Crippen LogP contribution in [-0.4, -0.2) is 17.7 Å². The second-order valence-corrected chi connectivity index (χ2v) is 8.41. The van der Waals surface area contributed by atoms with E-state index in [0.717, 1.165) is 24.7 Å². The molecule has 0 bridgehead atoms. The fraction of sp³-hybridized carbons (Fsp3) is 0.941. The van der Waals surface area contributed by atoms with Gasteiger partial charge in [0.25, 0.3) is 0 Å². The van der Waals surface area contributed by atoms with E-state index in [-0.39, 0.29) is 12.1 Å². The highest BCUT2D eigenvalue weighted by molar-refractivity contribution is 5.68. The van der Waals surface area contributed by atoms with E-state index in [4.69, 9.17) is 4.74 Å². The molecule has 0 aliphatic heterocycles. The van der Waals surface area contributed by atoms with Gasteiger partial charge in [-0.3, -0.25) is 0 Å². The zero-order valence-electron chi connectivity index (χ0n) is 14.4. The van der Waals surface area contributed by atoms with Gasteiger partial charge >= 0.3 is 6.09 Å². The van der Waals surface area contributed by atoms with Gasteiger partial charge in [-0.05, 0) is 63.7 Å². The van der Waals surface area contributed by atoms with Gasteiger partial charge in [-0.15, -0.1) is 0 Å². The molecule has 0 spiro atoms. The summed E-state index contributed by atoms with van der Waals surface area (Å²) in [5.74, 6) is 1.51. The van der Waals surface area contributed by atoms with Crippen molar-refractivity contribution in [3.05, 3.63) is 0 Å². The van der Waals surface area contributed by atoms with Gasteiger partial charge < -0.3 is 10.1 Å². The Hall–Kier alpha value is -0.730. The van der Waals surface area contributed by atoms with Crippen LogP contribution in [0.2, 0.25) is 0 Å². The van der Waals surface area contributed by atoms with E-state index >= 15 is 0 Å². The maximum absolute atomic E-state index is 11.8. The average molecular weight is 283 g/mol. The summed E-state index contributed by atoms with van der Waals surface area (Å²) in [5.41, 5.74) is -0.0435. The van der Waals surface area contributed by atoms with E-state index in [1.807, 2.05) is 20.8 Å². The molecule has 1 fully saturated rings. The molecule has 0 saturated heterocycles. The lowest BCUT2D eigenvalue weighted by Gasteiger charge is -2.39. The molecule has 118 valence electrons. The van der Waals surface area contributed by atoms with Crippen molar-refractivity contribution in [2.75, 3.05) is 0 Å². The van der Waals surface area contributed by atoms with E-state index in [1.165, 1.54) is 12.8 Å². The highest BCUT2D eigenvalue weighted by Gasteiger charge is 2.32. The summed E-state index contributed by atoms with van der Waals surface area (Å²) in [4.78, 5) is 11.8. The van der Waals surface area contributed by atoms with Gasteiger partial charge in [0.15, 0.2) is 0 Å². The molecule has 1 N–H and O–H groups in total. The molecule has 20 heavy (non-hydrogen) atoms. The summed E-state index contributed by atoms with van der Waals surface area (Å²) >= 11 is 0. The Kier molecular flexibility index (Phi) is 5.51. The molecule has 1 aliphatic carbocycles. The SMILES string of the molecule is CC([C@H]1CC[C@H](NC(=O)OC(C)(C)C)CC1)C(C)(C)C. The second-order valence-electron chi connectivity index (χ2n) is 8.41. The second kappa shape index (κ2) is 6.36. The van der Waals surface area contributed by atoms with E-state index in [9.17, 15) is 4.79 Å². The highest BCUT2D eigenvalue weighted by atomic mass is 16.6. The van der Waals surface area contributed by atoms with Crippen LogP contribution in [0.4, 0.5) is 4.79 Å². The fourth-order valence-corrected chi connectivity index (χ4v) is 2.94. The van der Waals surface area contributed by atoms with Crippen molar-refractivity contribution in [1.82, 2.24) is 5.32 Å². The van der Waals surface area contributed by atoms with Crippen LogP contribution < -0.4 is 5.32 Å². The molecule has 0 radical (unpaired) electrons. The maximum atomic E-state index is 11.8. The lowest BCUT2D eigenvalue weighted by Crippen LogP contribution is -2.42. The summed E-state index contributed by atoms with van der Waals surface area (Å²) in [5, 5.41) is 3.01. The van der Waals surface area contributed by atoms with Crippen LogP contribution in [0.1, 0.15) is 74.1 Å². The molecule has 0 aromatic heterocycles. The van der Waals surface area contributed by atoms with Crippen molar-refractivity contribution < 1.29 is 9.53 Å². The molecule has 0 aromatic rings. The van der Waals surface area contributed by atoms with Gasteiger partial charge in [0, 0.05) is 6.04 Å². The van der Waals surface area contributed by atoms with Crippen molar-refractivity contribution in [1.29, 1.82) is 0 Å². The molecular formula is C17H33NO2. The van der Waals surface area contributed by atoms with Gasteiger partial charge in [-0.25, -0.2) is 4.79 Å². The van der Waals surface area contributed by atoms with Crippen molar-refractivity contribution in [2.24, 2.45) is 17.3 Å². The number of carbonyl (C=O) groups excluding carboxylic acids is 1. The van der Waals surface area contributed by atoms with Crippen molar-refractivity contribution in [2.45, 2.75) is 85.8 Å². The first kappa shape index (κ1) is 17.3. The number of hydrogen-bond donors (Lipinski definition) is 1. The summed E-state index contributed by atoms with van der Waals surface area (Å²) in [6, 6.07) is 0.285. The summed E-state index contributed by atoms with van der Waals surface area (Å²) in [6.07, 6.45) is 4.29. The van der Waals surface area contributed by atoms with E-state index in [1.54, 1.807) is 0 Å². The van der Waals surface area contributed by atoms with Gasteiger partial charge in [-0.1, -0.05) is 27.7 Å². The Labute approximate surface area is 124 Å². The summed E-state index contributed by atoms with van der Waals surface area (Å²) < 4.78 is 5.32. The zero-order valence-corrected chi connectivity index (χ0v) is 14.4. The third-order valence-corrected chi connectivity index (χ3v) is 4.57. The predicted octanol–water partition coefficient (Wildman–Crippen LogP) is 4.75. The minimum absolute atomic E-state index is 0.273. The summed E-state index contributed by atoms with van der Waals surface area (Å²) in [6.45, 7) is 15.0. The van der Waals surface area contributed by atoms with Crippen LogP contribution in [0.25, 0.3) is 0 Å². The van der Waals surface area contributed by atoms with Crippen LogP contribution in [-0.2, 0) is 4.74 Å². The van der Waals surface area contributed by atoms with E-state index < -0.39 is 5.60 Å². The molecule has 0 heterocycles. The molecule has 1 rings (SSSR count). The fourth-order valence-electron chi connectivity index (χ4n) is 2.94. The first-order valence-electron chi connectivity index (χ1n) is 7.98. The largest absolute Gasteiger partial charge is 0.444 e. The van der Waals surface area contributed by atoms with Gasteiger partial charge in [-0.2, -0.15) is 0 Å². The van der Waals surface area contributed by atoms with Crippen molar-refractivity contribution in [3.63, 3.8) is 0 Å². The molecular weight excluding hydrogens is 250 g/mol. The highest BCUT2D eigenvalue weighted by Crippen LogP contribution is 2.39.